The van der Waals surface area contributed by atoms with Crippen LogP contribution in [0.25, 0.3) is 0 Å². The molecule has 1 aliphatic heterocycles. The van der Waals surface area contributed by atoms with Crippen molar-refractivity contribution in [3.05, 3.63) is 58.7 Å². The van der Waals surface area contributed by atoms with Crippen molar-refractivity contribution in [1.82, 2.24) is 14.9 Å². The topological polar surface area (TPSA) is 65.6 Å². The molecule has 1 saturated heterocycles. The van der Waals surface area contributed by atoms with Gasteiger partial charge in [0.25, 0.3) is 0 Å². The number of hydrogen-bond donors (Lipinski definition) is 2. The zero-order valence-corrected chi connectivity index (χ0v) is 18.9. The molecule has 0 aliphatic carbocycles. The lowest BCUT2D eigenvalue weighted by atomic mass is 10.2. The molecular weight excluding hydrogens is 435 g/mol. The Hall–Kier alpha value is -2.74. The van der Waals surface area contributed by atoms with E-state index in [0.717, 1.165) is 37.6 Å². The van der Waals surface area contributed by atoms with Crippen LogP contribution < -0.4 is 20.3 Å². The standard InChI is InChI=1S/C22H24Cl2N6O/c1-29-9-11-30(12-10-29)17-6-3-15(4-7-17)27-22-25-14-19(24)21(28-22)26-16-5-8-18(23)20(13-16)31-2/h3-8,13-14H,9-12H2,1-2H3,(H2,25,26,27,28). The minimum absolute atomic E-state index is 0.407. The third kappa shape index (κ3) is 5.31. The van der Waals surface area contributed by atoms with E-state index in [2.05, 4.69) is 49.6 Å². The normalized spacial score (nSPS) is 14.4. The van der Waals surface area contributed by atoms with Crippen molar-refractivity contribution >= 4 is 52.0 Å². The first-order valence-electron chi connectivity index (χ1n) is 9.95. The summed E-state index contributed by atoms with van der Waals surface area (Å²) in [6, 6.07) is 13.6. The largest absolute Gasteiger partial charge is 0.495 e. The second-order valence-corrected chi connectivity index (χ2v) is 8.14. The number of rotatable bonds is 6. The Morgan fingerprint density at radius 1 is 0.903 bits per heavy atom. The number of nitrogens with one attached hydrogen (secondary N) is 2. The lowest BCUT2D eigenvalue weighted by Crippen LogP contribution is -2.44. The van der Waals surface area contributed by atoms with Gasteiger partial charge in [-0.25, -0.2) is 4.98 Å². The third-order valence-electron chi connectivity index (χ3n) is 5.15. The van der Waals surface area contributed by atoms with Crippen molar-refractivity contribution in [3.8, 4) is 5.75 Å². The molecule has 7 nitrogen and oxygen atoms in total. The maximum atomic E-state index is 6.29. The maximum absolute atomic E-state index is 6.29. The second-order valence-electron chi connectivity index (χ2n) is 7.33. The Morgan fingerprint density at radius 3 is 2.32 bits per heavy atom. The van der Waals surface area contributed by atoms with Crippen molar-refractivity contribution < 1.29 is 4.74 Å². The number of benzene rings is 2. The molecule has 2 N–H and O–H groups in total. The van der Waals surface area contributed by atoms with Crippen LogP contribution in [0.5, 0.6) is 5.75 Å². The summed E-state index contributed by atoms with van der Waals surface area (Å²) in [7, 11) is 3.72. The fourth-order valence-corrected chi connectivity index (χ4v) is 3.67. The molecule has 2 aromatic carbocycles. The molecule has 3 aromatic rings. The molecule has 0 spiro atoms. The van der Waals surface area contributed by atoms with E-state index in [-0.39, 0.29) is 0 Å². The van der Waals surface area contributed by atoms with E-state index in [1.54, 1.807) is 25.4 Å². The molecule has 1 aromatic heterocycles. The average Bonchev–Trinajstić information content (AvgIpc) is 2.78. The van der Waals surface area contributed by atoms with Gasteiger partial charge in [0.15, 0.2) is 5.82 Å². The zero-order chi connectivity index (χ0) is 21.8. The van der Waals surface area contributed by atoms with E-state index < -0.39 is 0 Å². The minimum Gasteiger partial charge on any atom is -0.495 e. The lowest BCUT2D eigenvalue weighted by molar-refractivity contribution is 0.313. The van der Waals surface area contributed by atoms with E-state index in [1.165, 1.54) is 5.69 Å². The van der Waals surface area contributed by atoms with Crippen molar-refractivity contribution in [3.63, 3.8) is 0 Å². The highest BCUT2D eigenvalue weighted by Gasteiger charge is 2.14. The van der Waals surface area contributed by atoms with E-state index in [1.807, 2.05) is 18.2 Å². The first kappa shape index (κ1) is 21.5. The van der Waals surface area contributed by atoms with Crippen LogP contribution in [0.15, 0.2) is 48.7 Å². The van der Waals surface area contributed by atoms with Crippen LogP contribution in [0.4, 0.5) is 28.8 Å². The number of ether oxygens (including phenoxy) is 1. The van der Waals surface area contributed by atoms with Crippen LogP contribution in [0.3, 0.4) is 0 Å². The molecule has 1 aliphatic rings. The van der Waals surface area contributed by atoms with Crippen molar-refractivity contribution in [2.45, 2.75) is 0 Å². The molecule has 4 rings (SSSR count). The SMILES string of the molecule is COc1cc(Nc2nc(Nc3ccc(N4CCN(C)CC4)cc3)ncc2Cl)ccc1Cl. The van der Waals surface area contributed by atoms with E-state index >= 15 is 0 Å². The number of aromatic nitrogens is 2. The third-order valence-corrected chi connectivity index (χ3v) is 5.74. The number of likely N-dealkylation sites (N-methyl/N-ethyl adjacent to an activating group) is 1. The molecule has 1 fully saturated rings. The summed E-state index contributed by atoms with van der Waals surface area (Å²) in [5, 5.41) is 7.36. The molecule has 162 valence electrons. The summed E-state index contributed by atoms with van der Waals surface area (Å²) in [6.07, 6.45) is 1.56. The monoisotopic (exact) mass is 458 g/mol. The van der Waals surface area contributed by atoms with Gasteiger partial charge in [0.05, 0.1) is 18.3 Å². The first-order chi connectivity index (χ1) is 15.0. The van der Waals surface area contributed by atoms with E-state index in [9.17, 15) is 0 Å². The van der Waals surface area contributed by atoms with Crippen LogP contribution in [-0.4, -0.2) is 55.2 Å². The maximum Gasteiger partial charge on any atom is 0.229 e. The number of piperazine rings is 1. The highest BCUT2D eigenvalue weighted by atomic mass is 35.5. The van der Waals surface area contributed by atoms with Gasteiger partial charge in [-0.05, 0) is 43.4 Å². The molecule has 31 heavy (non-hydrogen) atoms. The summed E-state index contributed by atoms with van der Waals surface area (Å²) in [4.78, 5) is 13.5. The van der Waals surface area contributed by atoms with E-state index in [4.69, 9.17) is 27.9 Å². The number of anilines is 5. The smallest absolute Gasteiger partial charge is 0.229 e. The molecule has 0 amide bonds. The molecule has 2 heterocycles. The average molecular weight is 459 g/mol. The van der Waals surface area contributed by atoms with Gasteiger partial charge in [0.2, 0.25) is 5.95 Å². The summed E-state index contributed by atoms with van der Waals surface area (Å²) < 4.78 is 5.26. The van der Waals surface area contributed by atoms with E-state index in [0.29, 0.717) is 27.6 Å². The minimum atomic E-state index is 0.407. The molecule has 9 heteroatoms. The van der Waals surface area contributed by atoms with Crippen LogP contribution >= 0.6 is 23.2 Å². The summed E-state index contributed by atoms with van der Waals surface area (Å²) in [5.74, 6) is 1.49. The number of methoxy groups -OCH3 is 1. The van der Waals surface area contributed by atoms with Gasteiger partial charge in [-0.2, -0.15) is 4.98 Å². The molecule has 0 radical (unpaired) electrons. The Balaban J connectivity index is 1.46. The van der Waals surface area contributed by atoms with Gasteiger partial charge in [-0.3, -0.25) is 0 Å². The zero-order valence-electron chi connectivity index (χ0n) is 17.4. The predicted molar refractivity (Wildman–Crippen MR) is 128 cm³/mol. The van der Waals surface area contributed by atoms with Gasteiger partial charge >= 0.3 is 0 Å². The fourth-order valence-electron chi connectivity index (χ4n) is 3.34. The second kappa shape index (κ2) is 9.60. The van der Waals surface area contributed by atoms with Crippen molar-refractivity contribution in [1.29, 1.82) is 0 Å². The lowest BCUT2D eigenvalue weighted by Gasteiger charge is -2.34. The molecule has 0 unspecified atom stereocenters. The fraction of sp³-hybridized carbons (Fsp3) is 0.273. The van der Waals surface area contributed by atoms with Crippen molar-refractivity contribution in [2.75, 3.05) is 55.9 Å². The number of halogens is 2. The summed E-state index contributed by atoms with van der Waals surface area (Å²) in [6.45, 7) is 4.23. The Morgan fingerprint density at radius 2 is 1.61 bits per heavy atom. The highest BCUT2D eigenvalue weighted by molar-refractivity contribution is 6.33. The molecule has 0 bridgehead atoms. The van der Waals surface area contributed by atoms with Crippen molar-refractivity contribution in [2.24, 2.45) is 0 Å². The summed E-state index contributed by atoms with van der Waals surface area (Å²) in [5.41, 5.74) is 2.87. The van der Waals surface area contributed by atoms with Crippen LogP contribution in [-0.2, 0) is 0 Å². The van der Waals surface area contributed by atoms with Gasteiger partial charge in [-0.1, -0.05) is 23.2 Å². The Bertz CT molecular complexity index is 1040. The predicted octanol–water partition coefficient (Wildman–Crippen LogP) is 5.03. The quantitative estimate of drug-likeness (QED) is 0.536. The number of hydrogen-bond acceptors (Lipinski definition) is 7. The number of nitrogens with zero attached hydrogens (tertiary/aromatic N) is 4. The van der Waals surface area contributed by atoms with Gasteiger partial charge < -0.3 is 25.2 Å². The molecule has 0 atom stereocenters. The Labute approximate surface area is 192 Å². The highest BCUT2D eigenvalue weighted by Crippen LogP contribution is 2.31. The molecule has 0 saturated carbocycles. The first-order valence-corrected chi connectivity index (χ1v) is 10.7. The summed E-state index contributed by atoms with van der Waals surface area (Å²) >= 11 is 12.4. The van der Waals surface area contributed by atoms with Gasteiger partial charge in [0, 0.05) is 49.3 Å². The van der Waals surface area contributed by atoms with Crippen LogP contribution in [0, 0.1) is 0 Å². The molecular formula is C22H24Cl2N6O. The Kier molecular flexibility index (Phi) is 6.65. The van der Waals surface area contributed by atoms with Crippen LogP contribution in [0.2, 0.25) is 10.0 Å². The van der Waals surface area contributed by atoms with Gasteiger partial charge in [-0.15, -0.1) is 0 Å². The van der Waals surface area contributed by atoms with Crippen LogP contribution in [0.1, 0.15) is 0 Å². The van der Waals surface area contributed by atoms with Gasteiger partial charge in [0.1, 0.15) is 10.8 Å².